The normalized spacial score (nSPS) is 18.3. The SMILES string of the molecule is O=C(N[C@H]1C[C@@H](Cc2cccc(Cl)c2)c2ccccc21)c1ccccc1. The summed E-state index contributed by atoms with van der Waals surface area (Å²) in [6.07, 6.45) is 1.83. The Kier molecular flexibility index (Phi) is 4.77. The van der Waals surface area contributed by atoms with Crippen molar-refractivity contribution in [2.45, 2.75) is 24.8 Å². The molecule has 3 aromatic rings. The number of carbonyl (C=O) groups is 1. The molecule has 1 N–H and O–H groups in total. The summed E-state index contributed by atoms with van der Waals surface area (Å²) in [6.45, 7) is 0. The number of nitrogens with one attached hydrogen (secondary N) is 1. The second kappa shape index (κ2) is 7.35. The minimum Gasteiger partial charge on any atom is -0.345 e. The van der Waals surface area contributed by atoms with E-state index in [9.17, 15) is 4.79 Å². The molecule has 0 heterocycles. The van der Waals surface area contributed by atoms with Crippen molar-refractivity contribution < 1.29 is 4.79 Å². The molecule has 2 atom stereocenters. The average Bonchev–Trinajstić information content (AvgIpc) is 3.00. The molecule has 0 bridgehead atoms. The molecule has 0 aromatic heterocycles. The standard InChI is InChI=1S/C23H20ClNO/c24-19-10-6-7-16(14-19)13-18-15-22(21-12-5-4-11-20(18)21)25-23(26)17-8-2-1-3-9-17/h1-12,14,18,22H,13,15H2,(H,25,26)/t18-,22+/m1/s1. The highest BCUT2D eigenvalue weighted by Crippen LogP contribution is 2.42. The minimum atomic E-state index is -0.0196. The molecule has 1 aliphatic rings. The number of carbonyl (C=O) groups excluding carboxylic acids is 1. The molecule has 0 unspecified atom stereocenters. The second-order valence-electron chi connectivity index (χ2n) is 6.79. The molecule has 0 radical (unpaired) electrons. The largest absolute Gasteiger partial charge is 0.345 e. The molecule has 3 heteroatoms. The van der Waals surface area contributed by atoms with Crippen molar-refractivity contribution in [2.24, 2.45) is 0 Å². The van der Waals surface area contributed by atoms with Crippen molar-refractivity contribution in [3.8, 4) is 0 Å². The maximum Gasteiger partial charge on any atom is 0.251 e. The van der Waals surface area contributed by atoms with Gasteiger partial charge in [0.15, 0.2) is 0 Å². The number of hydrogen-bond acceptors (Lipinski definition) is 1. The van der Waals surface area contributed by atoms with Crippen molar-refractivity contribution in [3.05, 3.63) is 106 Å². The molecule has 26 heavy (non-hydrogen) atoms. The van der Waals surface area contributed by atoms with Crippen LogP contribution in [0, 0.1) is 0 Å². The zero-order valence-corrected chi connectivity index (χ0v) is 15.1. The molecule has 4 rings (SSSR count). The zero-order valence-electron chi connectivity index (χ0n) is 14.4. The number of halogens is 1. The van der Waals surface area contributed by atoms with Crippen LogP contribution in [0.2, 0.25) is 5.02 Å². The lowest BCUT2D eigenvalue weighted by Crippen LogP contribution is -2.27. The molecule has 1 amide bonds. The third kappa shape index (κ3) is 3.51. The van der Waals surface area contributed by atoms with Crippen LogP contribution in [0.15, 0.2) is 78.9 Å². The summed E-state index contributed by atoms with van der Waals surface area (Å²) >= 11 is 6.14. The van der Waals surface area contributed by atoms with E-state index in [2.05, 4.69) is 29.6 Å². The van der Waals surface area contributed by atoms with Crippen LogP contribution < -0.4 is 5.32 Å². The van der Waals surface area contributed by atoms with Gasteiger partial charge in [0.05, 0.1) is 6.04 Å². The van der Waals surface area contributed by atoms with E-state index in [4.69, 9.17) is 11.6 Å². The second-order valence-corrected chi connectivity index (χ2v) is 7.22. The van der Waals surface area contributed by atoms with Gasteiger partial charge in [0, 0.05) is 10.6 Å². The van der Waals surface area contributed by atoms with Crippen LogP contribution in [0.4, 0.5) is 0 Å². The lowest BCUT2D eigenvalue weighted by Gasteiger charge is -2.15. The first-order valence-electron chi connectivity index (χ1n) is 8.90. The van der Waals surface area contributed by atoms with E-state index in [-0.39, 0.29) is 11.9 Å². The number of rotatable bonds is 4. The van der Waals surface area contributed by atoms with Gasteiger partial charge >= 0.3 is 0 Å². The molecule has 0 saturated carbocycles. The van der Waals surface area contributed by atoms with Crippen LogP contribution in [-0.4, -0.2) is 5.91 Å². The van der Waals surface area contributed by atoms with Crippen LogP contribution in [0.3, 0.4) is 0 Å². The van der Waals surface area contributed by atoms with Gasteiger partial charge in [-0.05, 0) is 59.7 Å². The zero-order chi connectivity index (χ0) is 17.9. The Balaban J connectivity index is 1.55. The van der Waals surface area contributed by atoms with Gasteiger partial charge in [0.2, 0.25) is 0 Å². The summed E-state index contributed by atoms with van der Waals surface area (Å²) in [5, 5.41) is 3.98. The number of benzene rings is 3. The molecular weight excluding hydrogens is 342 g/mol. The van der Waals surface area contributed by atoms with Crippen LogP contribution in [0.1, 0.15) is 45.4 Å². The van der Waals surface area contributed by atoms with Gasteiger partial charge in [-0.25, -0.2) is 0 Å². The fourth-order valence-electron chi connectivity index (χ4n) is 3.85. The third-order valence-corrected chi connectivity index (χ3v) is 5.28. The average molecular weight is 362 g/mol. The van der Waals surface area contributed by atoms with Crippen molar-refractivity contribution >= 4 is 17.5 Å². The van der Waals surface area contributed by atoms with Gasteiger partial charge in [0.1, 0.15) is 0 Å². The first-order valence-corrected chi connectivity index (χ1v) is 9.27. The molecule has 0 fully saturated rings. The Morgan fingerprint density at radius 1 is 0.923 bits per heavy atom. The van der Waals surface area contributed by atoms with Gasteiger partial charge in [-0.1, -0.05) is 66.2 Å². The number of fused-ring (bicyclic) bond motifs is 1. The third-order valence-electron chi connectivity index (χ3n) is 5.04. The number of hydrogen-bond donors (Lipinski definition) is 1. The fourth-order valence-corrected chi connectivity index (χ4v) is 4.06. The van der Waals surface area contributed by atoms with Crippen LogP contribution >= 0.6 is 11.6 Å². The van der Waals surface area contributed by atoms with Gasteiger partial charge < -0.3 is 5.32 Å². The first kappa shape index (κ1) is 16.9. The van der Waals surface area contributed by atoms with E-state index in [1.165, 1.54) is 16.7 Å². The quantitative estimate of drug-likeness (QED) is 0.649. The van der Waals surface area contributed by atoms with Gasteiger partial charge in [0.25, 0.3) is 5.91 Å². The smallest absolute Gasteiger partial charge is 0.251 e. The Morgan fingerprint density at radius 3 is 2.42 bits per heavy atom. The lowest BCUT2D eigenvalue weighted by molar-refractivity contribution is 0.0936. The highest BCUT2D eigenvalue weighted by molar-refractivity contribution is 6.30. The molecule has 2 nitrogen and oxygen atoms in total. The molecule has 0 saturated heterocycles. The van der Waals surface area contributed by atoms with Crippen molar-refractivity contribution in [1.82, 2.24) is 5.32 Å². The minimum absolute atomic E-state index is 0.0196. The van der Waals surface area contributed by atoms with Crippen molar-refractivity contribution in [1.29, 1.82) is 0 Å². The van der Waals surface area contributed by atoms with Crippen LogP contribution in [-0.2, 0) is 6.42 Å². The van der Waals surface area contributed by atoms with Gasteiger partial charge in [-0.15, -0.1) is 0 Å². The maximum atomic E-state index is 12.6. The molecule has 0 spiro atoms. The van der Waals surface area contributed by atoms with Crippen LogP contribution in [0.25, 0.3) is 0 Å². The topological polar surface area (TPSA) is 29.1 Å². The van der Waals surface area contributed by atoms with Gasteiger partial charge in [-0.2, -0.15) is 0 Å². The lowest BCUT2D eigenvalue weighted by atomic mass is 9.94. The van der Waals surface area contributed by atoms with E-state index >= 15 is 0 Å². The Morgan fingerprint density at radius 2 is 1.65 bits per heavy atom. The van der Waals surface area contributed by atoms with Crippen molar-refractivity contribution in [3.63, 3.8) is 0 Å². The molecule has 3 aromatic carbocycles. The number of amides is 1. The first-order chi connectivity index (χ1) is 12.7. The Bertz CT molecular complexity index is 922. The van der Waals surface area contributed by atoms with Gasteiger partial charge in [-0.3, -0.25) is 4.79 Å². The monoisotopic (exact) mass is 361 g/mol. The van der Waals surface area contributed by atoms with E-state index in [0.29, 0.717) is 11.5 Å². The Labute approximate surface area is 158 Å². The highest BCUT2D eigenvalue weighted by atomic mass is 35.5. The summed E-state index contributed by atoms with van der Waals surface area (Å²) in [5.74, 6) is 0.361. The van der Waals surface area contributed by atoms with E-state index in [0.717, 1.165) is 17.9 Å². The fraction of sp³-hybridized carbons (Fsp3) is 0.174. The van der Waals surface area contributed by atoms with E-state index < -0.39 is 0 Å². The maximum absolute atomic E-state index is 12.6. The summed E-state index contributed by atoms with van der Waals surface area (Å²) in [6, 6.07) is 25.9. The van der Waals surface area contributed by atoms with E-state index in [1.807, 2.05) is 54.6 Å². The summed E-state index contributed by atoms with van der Waals surface area (Å²) in [4.78, 5) is 12.6. The van der Waals surface area contributed by atoms with E-state index in [1.54, 1.807) is 0 Å². The van der Waals surface area contributed by atoms with Crippen LogP contribution in [0.5, 0.6) is 0 Å². The predicted octanol–water partition coefficient (Wildman–Crippen LogP) is 5.54. The molecule has 130 valence electrons. The Hall–Kier alpha value is -2.58. The summed E-state index contributed by atoms with van der Waals surface area (Å²) in [7, 11) is 0. The van der Waals surface area contributed by atoms with Crippen molar-refractivity contribution in [2.75, 3.05) is 0 Å². The summed E-state index contributed by atoms with van der Waals surface area (Å²) < 4.78 is 0. The molecule has 1 aliphatic carbocycles. The summed E-state index contributed by atoms with van der Waals surface area (Å²) in [5.41, 5.74) is 4.48. The highest BCUT2D eigenvalue weighted by Gasteiger charge is 2.31. The molecule has 0 aliphatic heterocycles. The predicted molar refractivity (Wildman–Crippen MR) is 106 cm³/mol. The molecular formula is C23H20ClNO.